The summed E-state index contributed by atoms with van der Waals surface area (Å²) in [5, 5.41) is 15.0. The summed E-state index contributed by atoms with van der Waals surface area (Å²) in [6, 6.07) is 13.9. The van der Waals surface area contributed by atoms with E-state index >= 15 is 0 Å². The van der Waals surface area contributed by atoms with Gasteiger partial charge in [-0.2, -0.15) is 4.73 Å². The van der Waals surface area contributed by atoms with Gasteiger partial charge in [-0.3, -0.25) is 0 Å². The number of hydrogen-bond acceptors (Lipinski definition) is 1. The fourth-order valence-corrected chi connectivity index (χ4v) is 2.12. The number of pyridine rings is 1. The molecule has 0 N–H and O–H groups in total. The van der Waals surface area contributed by atoms with Gasteiger partial charge in [-0.25, -0.2) is 0 Å². The van der Waals surface area contributed by atoms with Crippen LogP contribution >= 0.6 is 0 Å². The van der Waals surface area contributed by atoms with Gasteiger partial charge >= 0.3 is 0 Å². The topological polar surface area (TPSA) is 26.9 Å². The first-order chi connectivity index (χ1) is 10.8. The Morgan fingerprint density at radius 2 is 1.36 bits per heavy atom. The monoisotopic (exact) mass is 299 g/mol. The minimum absolute atomic E-state index is 0.726. The van der Waals surface area contributed by atoms with Gasteiger partial charge in [0.25, 0.3) is 0 Å². The maximum absolute atomic E-state index is 11.7. The first kappa shape index (κ1) is 19.9. The van der Waals surface area contributed by atoms with Crippen LogP contribution in [0.2, 0.25) is 0 Å². The van der Waals surface area contributed by atoms with Crippen LogP contribution in [0.25, 0.3) is 21.7 Å². The van der Waals surface area contributed by atoms with Crippen molar-refractivity contribution in [3.8, 4) is 0 Å². The number of benzene rings is 2. The molecule has 0 saturated carbocycles. The molecular formula is C20H29NO. The van der Waals surface area contributed by atoms with E-state index in [4.69, 9.17) is 0 Å². The normalized spacial score (nSPS) is 8.86. The van der Waals surface area contributed by atoms with Crippen LogP contribution in [0, 0.1) is 12.1 Å². The summed E-state index contributed by atoms with van der Waals surface area (Å²) in [7, 11) is 0. The van der Waals surface area contributed by atoms with E-state index in [1.165, 1.54) is 17.1 Å². The van der Waals surface area contributed by atoms with Crippen LogP contribution in [0.3, 0.4) is 0 Å². The first-order valence-electron chi connectivity index (χ1n) is 8.27. The number of aromatic nitrogens is 1. The zero-order valence-electron chi connectivity index (χ0n) is 15.0. The van der Waals surface area contributed by atoms with E-state index in [2.05, 4.69) is 25.1 Å². The molecule has 22 heavy (non-hydrogen) atoms. The Balaban J connectivity index is 0.000000661. The molecule has 0 unspecified atom stereocenters. The van der Waals surface area contributed by atoms with Crippen LogP contribution in [-0.4, -0.2) is 0 Å². The van der Waals surface area contributed by atoms with Gasteiger partial charge in [0.2, 0.25) is 5.52 Å². The lowest BCUT2D eigenvalue weighted by Crippen LogP contribution is -2.25. The Morgan fingerprint density at radius 3 is 2.00 bits per heavy atom. The van der Waals surface area contributed by atoms with Crippen LogP contribution in [-0.2, 0) is 0 Å². The van der Waals surface area contributed by atoms with E-state index in [-0.39, 0.29) is 0 Å². The lowest BCUT2D eigenvalue weighted by atomic mass is 10.0. The zero-order valence-corrected chi connectivity index (χ0v) is 15.0. The molecule has 0 spiro atoms. The van der Waals surface area contributed by atoms with Crippen LogP contribution in [0.1, 0.15) is 47.1 Å². The molecule has 0 fully saturated rings. The molecule has 120 valence electrons. The Labute approximate surface area is 135 Å². The van der Waals surface area contributed by atoms with Crippen molar-refractivity contribution < 1.29 is 4.73 Å². The largest absolute Gasteiger partial charge is 0.618 e. The molecule has 0 bridgehead atoms. The molecule has 0 aliphatic heterocycles. The third-order valence-corrected chi connectivity index (χ3v) is 2.98. The molecule has 0 radical (unpaired) electrons. The highest BCUT2D eigenvalue weighted by molar-refractivity contribution is 5.96. The summed E-state index contributed by atoms with van der Waals surface area (Å²) in [5.74, 6) is 0. The van der Waals surface area contributed by atoms with Crippen LogP contribution in [0.5, 0.6) is 0 Å². The maximum Gasteiger partial charge on any atom is 0.224 e. The molecule has 3 rings (SSSR count). The molecule has 2 heteroatoms. The van der Waals surface area contributed by atoms with Gasteiger partial charge in [-0.1, -0.05) is 59.7 Å². The summed E-state index contributed by atoms with van der Waals surface area (Å²) < 4.78 is 0.918. The first-order valence-corrected chi connectivity index (χ1v) is 8.27. The molecule has 3 aromatic rings. The summed E-state index contributed by atoms with van der Waals surface area (Å²) in [6.45, 7) is 14.1. The Hall–Kier alpha value is -2.09. The number of fused-ring (bicyclic) bond motifs is 2. The molecule has 0 aliphatic rings. The smallest absolute Gasteiger partial charge is 0.224 e. The standard InChI is InChI=1S/C14H11NO.3C2H6/c1-10-4-2-5-11-8-12-6-3-7-15(16)14(12)9-13(10)11;3*1-2/h2-9H,1H3;3*1-2H3. The molecule has 0 saturated heterocycles. The summed E-state index contributed by atoms with van der Waals surface area (Å²) in [5.41, 5.74) is 1.92. The second kappa shape index (κ2) is 10.6. The van der Waals surface area contributed by atoms with Gasteiger partial charge in [0.05, 0.1) is 0 Å². The van der Waals surface area contributed by atoms with Crippen molar-refractivity contribution in [2.45, 2.75) is 48.5 Å². The average Bonchev–Trinajstić information content (AvgIpc) is 2.60. The van der Waals surface area contributed by atoms with Gasteiger partial charge in [0, 0.05) is 17.5 Å². The van der Waals surface area contributed by atoms with Crippen LogP contribution in [0.4, 0.5) is 0 Å². The van der Waals surface area contributed by atoms with Crippen molar-refractivity contribution in [2.75, 3.05) is 0 Å². The number of nitrogens with zero attached hydrogens (tertiary/aromatic N) is 1. The van der Waals surface area contributed by atoms with E-state index < -0.39 is 0 Å². The van der Waals surface area contributed by atoms with E-state index in [1.807, 2.05) is 59.7 Å². The van der Waals surface area contributed by atoms with Crippen LogP contribution < -0.4 is 4.73 Å². The minimum atomic E-state index is 0.726. The Kier molecular flexibility index (Phi) is 9.60. The van der Waals surface area contributed by atoms with E-state index in [0.29, 0.717) is 0 Å². The van der Waals surface area contributed by atoms with Gasteiger partial charge in [0.1, 0.15) is 0 Å². The predicted octanol–water partition coefficient (Wildman–Crippen LogP) is 6.01. The molecule has 2 nitrogen and oxygen atoms in total. The lowest BCUT2D eigenvalue weighted by Gasteiger charge is -2.05. The van der Waals surface area contributed by atoms with Crippen molar-refractivity contribution >= 4 is 21.7 Å². The lowest BCUT2D eigenvalue weighted by molar-refractivity contribution is -0.576. The second-order valence-corrected chi connectivity index (χ2v) is 4.04. The maximum atomic E-state index is 11.7. The highest BCUT2D eigenvalue weighted by Crippen LogP contribution is 2.23. The Bertz CT molecular complexity index is 633. The fraction of sp³-hybridized carbons (Fsp3) is 0.350. The minimum Gasteiger partial charge on any atom is -0.618 e. The molecule has 1 heterocycles. The predicted molar refractivity (Wildman–Crippen MR) is 99.2 cm³/mol. The SMILES string of the molecule is CC.CC.CC.Cc1cccc2cc3ccc[n+]([O-])c3cc12. The number of aryl methyl sites for hydroxylation is 1. The quantitative estimate of drug-likeness (QED) is 0.283. The van der Waals surface area contributed by atoms with Crippen molar-refractivity contribution in [2.24, 2.45) is 0 Å². The number of rotatable bonds is 0. The third kappa shape index (κ3) is 4.45. The van der Waals surface area contributed by atoms with Gasteiger partial charge in [-0.15, -0.1) is 0 Å². The molecular weight excluding hydrogens is 270 g/mol. The van der Waals surface area contributed by atoms with Crippen molar-refractivity contribution in [1.82, 2.24) is 0 Å². The Morgan fingerprint density at radius 1 is 0.773 bits per heavy atom. The molecule has 0 aliphatic carbocycles. The highest BCUT2D eigenvalue weighted by atomic mass is 16.5. The van der Waals surface area contributed by atoms with Crippen molar-refractivity contribution in [1.29, 1.82) is 0 Å². The van der Waals surface area contributed by atoms with Gasteiger partial charge < -0.3 is 5.21 Å². The summed E-state index contributed by atoms with van der Waals surface area (Å²) in [4.78, 5) is 0. The van der Waals surface area contributed by atoms with Gasteiger partial charge in [-0.05, 0) is 35.4 Å². The highest BCUT2D eigenvalue weighted by Gasteiger charge is 2.05. The second-order valence-electron chi connectivity index (χ2n) is 4.04. The van der Waals surface area contributed by atoms with Crippen molar-refractivity contribution in [3.05, 3.63) is 59.4 Å². The fourth-order valence-electron chi connectivity index (χ4n) is 2.12. The summed E-state index contributed by atoms with van der Waals surface area (Å²) in [6.07, 6.45) is 1.53. The van der Waals surface area contributed by atoms with E-state index in [0.717, 1.165) is 21.0 Å². The molecule has 2 aromatic carbocycles. The third-order valence-electron chi connectivity index (χ3n) is 2.98. The van der Waals surface area contributed by atoms with Crippen molar-refractivity contribution in [3.63, 3.8) is 0 Å². The average molecular weight is 299 g/mol. The number of hydrogen-bond donors (Lipinski definition) is 0. The van der Waals surface area contributed by atoms with Crippen LogP contribution in [0.15, 0.2) is 48.7 Å². The van der Waals surface area contributed by atoms with Gasteiger partial charge in [0.15, 0.2) is 6.20 Å². The van der Waals surface area contributed by atoms with E-state index in [1.54, 1.807) is 6.07 Å². The summed E-state index contributed by atoms with van der Waals surface area (Å²) >= 11 is 0. The molecule has 0 atom stereocenters. The van der Waals surface area contributed by atoms with E-state index in [9.17, 15) is 5.21 Å². The molecule has 0 amide bonds. The molecule has 1 aromatic heterocycles. The zero-order chi connectivity index (χ0) is 17.1.